The van der Waals surface area contributed by atoms with Crippen LogP contribution < -0.4 is 0 Å². The van der Waals surface area contributed by atoms with Gasteiger partial charge in [0.1, 0.15) is 11.5 Å². The minimum Gasteiger partial charge on any atom is -0.461 e. The van der Waals surface area contributed by atoms with E-state index in [-0.39, 0.29) is 5.91 Å². The first kappa shape index (κ1) is 15.0. The lowest BCUT2D eigenvalue weighted by Gasteiger charge is -2.28. The second-order valence-electron chi connectivity index (χ2n) is 7.68. The Morgan fingerprint density at radius 2 is 2.00 bits per heavy atom. The van der Waals surface area contributed by atoms with Gasteiger partial charge in [0.05, 0.1) is 0 Å². The fraction of sp³-hybridized carbons (Fsp3) is 0.650. The number of carbonyl (C=O) groups is 1. The summed E-state index contributed by atoms with van der Waals surface area (Å²) in [5.41, 5.74) is 0. The largest absolute Gasteiger partial charge is 0.461 e. The van der Waals surface area contributed by atoms with E-state index in [0.29, 0.717) is 12.0 Å². The highest BCUT2D eigenvalue weighted by atomic mass is 16.3. The van der Waals surface area contributed by atoms with Crippen LogP contribution in [0.5, 0.6) is 0 Å². The molecule has 1 saturated heterocycles. The van der Waals surface area contributed by atoms with Crippen LogP contribution in [-0.4, -0.2) is 23.4 Å². The van der Waals surface area contributed by atoms with Crippen LogP contribution in [-0.2, 0) is 4.79 Å². The molecule has 2 aliphatic carbocycles. The summed E-state index contributed by atoms with van der Waals surface area (Å²) in [6.45, 7) is 3.18. The predicted octanol–water partition coefficient (Wildman–Crippen LogP) is 4.60. The third kappa shape index (κ3) is 3.11. The number of carbonyl (C=O) groups excluding carboxylic acids is 1. The second-order valence-corrected chi connectivity index (χ2v) is 7.68. The standard InChI is InChI=1S/C20H27NO2/c1-14-13-17(14)19-10-8-16(23-19)9-11-20(22)21-12-4-7-18(21)15-5-2-3-6-15/h8-11,14-15,17-18H,2-7,12-13H2,1H3/b11-9+. The molecule has 2 heterocycles. The zero-order chi connectivity index (χ0) is 15.8. The monoisotopic (exact) mass is 313 g/mol. The molecule has 23 heavy (non-hydrogen) atoms. The van der Waals surface area contributed by atoms with Crippen molar-refractivity contribution in [2.24, 2.45) is 11.8 Å². The lowest BCUT2D eigenvalue weighted by molar-refractivity contribution is -0.127. The molecule has 124 valence electrons. The molecule has 4 rings (SSSR count). The Hall–Kier alpha value is -1.51. The summed E-state index contributed by atoms with van der Waals surface area (Å²) >= 11 is 0. The molecule has 0 aromatic carbocycles. The summed E-state index contributed by atoms with van der Waals surface area (Å²) in [5.74, 6) is 4.13. The summed E-state index contributed by atoms with van der Waals surface area (Å²) in [6.07, 6.45) is 12.4. The van der Waals surface area contributed by atoms with Crippen molar-refractivity contribution in [3.8, 4) is 0 Å². The Kier molecular flexibility index (Phi) is 4.04. The molecule has 1 aliphatic heterocycles. The average molecular weight is 313 g/mol. The Labute approximate surface area is 138 Å². The molecule has 0 N–H and O–H groups in total. The zero-order valence-corrected chi connectivity index (χ0v) is 14.0. The molecule has 0 radical (unpaired) electrons. The molecule has 3 unspecified atom stereocenters. The Morgan fingerprint density at radius 1 is 1.22 bits per heavy atom. The fourth-order valence-corrected chi connectivity index (χ4v) is 4.52. The van der Waals surface area contributed by atoms with E-state index in [0.717, 1.165) is 36.3 Å². The lowest BCUT2D eigenvalue weighted by Crippen LogP contribution is -2.38. The number of rotatable bonds is 4. The first-order valence-electron chi connectivity index (χ1n) is 9.31. The van der Waals surface area contributed by atoms with Crippen LogP contribution >= 0.6 is 0 Å². The van der Waals surface area contributed by atoms with Gasteiger partial charge in [-0.1, -0.05) is 19.8 Å². The van der Waals surface area contributed by atoms with Gasteiger partial charge in [-0.05, 0) is 62.1 Å². The second kappa shape index (κ2) is 6.18. The quantitative estimate of drug-likeness (QED) is 0.761. The highest BCUT2D eigenvalue weighted by Crippen LogP contribution is 2.47. The van der Waals surface area contributed by atoms with E-state index < -0.39 is 0 Å². The summed E-state index contributed by atoms with van der Waals surface area (Å²) in [7, 11) is 0. The number of furan rings is 1. The van der Waals surface area contributed by atoms with Gasteiger partial charge in [-0.2, -0.15) is 0 Å². The molecule has 3 aliphatic rings. The van der Waals surface area contributed by atoms with E-state index in [9.17, 15) is 4.79 Å². The maximum absolute atomic E-state index is 12.6. The maximum Gasteiger partial charge on any atom is 0.246 e. The van der Waals surface area contributed by atoms with Gasteiger partial charge >= 0.3 is 0 Å². The first-order chi connectivity index (χ1) is 11.2. The zero-order valence-electron chi connectivity index (χ0n) is 14.0. The third-order valence-corrected chi connectivity index (χ3v) is 6.04. The van der Waals surface area contributed by atoms with E-state index in [1.807, 2.05) is 12.1 Å². The predicted molar refractivity (Wildman–Crippen MR) is 91.0 cm³/mol. The van der Waals surface area contributed by atoms with Crippen molar-refractivity contribution in [3.05, 3.63) is 29.7 Å². The van der Waals surface area contributed by atoms with Crippen LogP contribution in [0.1, 0.15) is 69.3 Å². The molecule has 3 heteroatoms. The van der Waals surface area contributed by atoms with Crippen molar-refractivity contribution in [1.29, 1.82) is 0 Å². The Balaban J connectivity index is 1.39. The van der Waals surface area contributed by atoms with E-state index in [1.165, 1.54) is 38.5 Å². The average Bonchev–Trinajstić information content (AvgIpc) is 3.09. The van der Waals surface area contributed by atoms with Gasteiger partial charge in [-0.15, -0.1) is 0 Å². The maximum atomic E-state index is 12.6. The van der Waals surface area contributed by atoms with Crippen molar-refractivity contribution >= 4 is 12.0 Å². The van der Waals surface area contributed by atoms with Crippen LogP contribution in [0.3, 0.4) is 0 Å². The molecule has 2 saturated carbocycles. The fourth-order valence-electron chi connectivity index (χ4n) is 4.52. The van der Waals surface area contributed by atoms with E-state index >= 15 is 0 Å². The van der Waals surface area contributed by atoms with Crippen LogP contribution in [0.25, 0.3) is 6.08 Å². The normalized spacial score (nSPS) is 31.3. The van der Waals surface area contributed by atoms with Crippen LogP contribution in [0.4, 0.5) is 0 Å². The highest BCUT2D eigenvalue weighted by molar-refractivity contribution is 5.91. The Morgan fingerprint density at radius 3 is 2.74 bits per heavy atom. The first-order valence-corrected chi connectivity index (χ1v) is 9.31. The summed E-state index contributed by atoms with van der Waals surface area (Å²) in [6, 6.07) is 4.53. The van der Waals surface area contributed by atoms with Crippen LogP contribution in [0.15, 0.2) is 22.6 Å². The number of likely N-dealkylation sites (tertiary alicyclic amines) is 1. The summed E-state index contributed by atoms with van der Waals surface area (Å²) in [4.78, 5) is 14.7. The van der Waals surface area contributed by atoms with E-state index in [4.69, 9.17) is 4.42 Å². The molecule has 0 bridgehead atoms. The van der Waals surface area contributed by atoms with Crippen LogP contribution in [0, 0.1) is 11.8 Å². The number of hydrogen-bond acceptors (Lipinski definition) is 2. The number of amides is 1. The van der Waals surface area contributed by atoms with Gasteiger partial charge in [0, 0.05) is 24.6 Å². The molecule has 3 atom stereocenters. The van der Waals surface area contributed by atoms with Gasteiger partial charge in [-0.25, -0.2) is 0 Å². The van der Waals surface area contributed by atoms with Gasteiger partial charge in [-0.3, -0.25) is 4.79 Å². The summed E-state index contributed by atoms with van der Waals surface area (Å²) in [5, 5.41) is 0. The van der Waals surface area contributed by atoms with E-state index in [1.54, 1.807) is 6.08 Å². The van der Waals surface area contributed by atoms with Crippen molar-refractivity contribution in [1.82, 2.24) is 4.90 Å². The van der Waals surface area contributed by atoms with Gasteiger partial charge in [0.2, 0.25) is 5.91 Å². The van der Waals surface area contributed by atoms with Crippen molar-refractivity contribution in [2.45, 2.75) is 63.8 Å². The molecular formula is C20H27NO2. The summed E-state index contributed by atoms with van der Waals surface area (Å²) < 4.78 is 5.86. The smallest absolute Gasteiger partial charge is 0.246 e. The lowest BCUT2D eigenvalue weighted by atomic mass is 9.96. The topological polar surface area (TPSA) is 33.5 Å². The molecule has 3 nitrogen and oxygen atoms in total. The van der Waals surface area contributed by atoms with Gasteiger partial charge in [0.15, 0.2) is 0 Å². The van der Waals surface area contributed by atoms with Crippen molar-refractivity contribution in [3.63, 3.8) is 0 Å². The van der Waals surface area contributed by atoms with Crippen molar-refractivity contribution in [2.75, 3.05) is 6.54 Å². The minimum absolute atomic E-state index is 0.164. The molecular weight excluding hydrogens is 286 g/mol. The molecule has 1 aromatic rings. The molecule has 1 amide bonds. The molecule has 1 aromatic heterocycles. The molecule has 3 fully saturated rings. The SMILES string of the molecule is CC1CC1c1ccc(/C=C/C(=O)N2CCCC2C2CCCC2)o1. The third-order valence-electron chi connectivity index (χ3n) is 6.04. The van der Waals surface area contributed by atoms with Gasteiger partial charge in [0.25, 0.3) is 0 Å². The Bertz CT molecular complexity index is 597. The van der Waals surface area contributed by atoms with Crippen LogP contribution in [0.2, 0.25) is 0 Å². The number of nitrogens with zero attached hydrogens (tertiary/aromatic N) is 1. The van der Waals surface area contributed by atoms with E-state index in [2.05, 4.69) is 17.9 Å². The molecule has 0 spiro atoms. The van der Waals surface area contributed by atoms with Crippen molar-refractivity contribution < 1.29 is 9.21 Å². The highest BCUT2D eigenvalue weighted by Gasteiger charge is 2.37. The van der Waals surface area contributed by atoms with Gasteiger partial charge < -0.3 is 9.32 Å². The minimum atomic E-state index is 0.164. The number of hydrogen-bond donors (Lipinski definition) is 0.